The van der Waals surface area contributed by atoms with Gasteiger partial charge in [0.05, 0.1) is 42.7 Å². The van der Waals surface area contributed by atoms with E-state index >= 15 is 0 Å². The second-order valence-corrected chi connectivity index (χ2v) is 36.4. The molecule has 20 aliphatic heterocycles. The van der Waals surface area contributed by atoms with Crippen molar-refractivity contribution in [1.82, 2.24) is 31.9 Å². The van der Waals surface area contributed by atoms with Gasteiger partial charge in [-0.2, -0.15) is 70.6 Å². The van der Waals surface area contributed by atoms with Gasteiger partial charge >= 0.3 is 35.8 Å². The monoisotopic (exact) mass is 1900 g/mol. The zero-order chi connectivity index (χ0) is 92.0. The molecule has 6 amide bonds. The Morgan fingerprint density at radius 2 is 0.444 bits per heavy atom. The van der Waals surface area contributed by atoms with E-state index in [0.717, 1.165) is 88.6 Å². The fraction of sp³-hybridized carbons (Fsp3) is 0.829. The molecular formula is C70H110N6O42S6. The summed E-state index contributed by atoms with van der Waals surface area (Å²) in [5.41, 5.74) is 0. The summed E-state index contributed by atoms with van der Waals surface area (Å²) in [6, 6.07) is -9.48. The molecule has 0 radical (unpaired) electrons. The Kier molecular flexibility index (Phi) is 42.9. The van der Waals surface area contributed by atoms with Crippen molar-refractivity contribution in [2.45, 2.75) is 275 Å². The van der Waals surface area contributed by atoms with Gasteiger partial charge in [-0.25, -0.2) is 28.8 Å². The van der Waals surface area contributed by atoms with Gasteiger partial charge in [0, 0.05) is 123 Å². The lowest BCUT2D eigenvalue weighted by Crippen LogP contribution is -2.68. The van der Waals surface area contributed by atoms with Gasteiger partial charge in [-0.05, 0) is 12.8 Å². The van der Waals surface area contributed by atoms with E-state index in [9.17, 15) is 149 Å². The molecule has 0 spiro atoms. The van der Waals surface area contributed by atoms with Crippen molar-refractivity contribution in [3.8, 4) is 0 Å². The number of nitrogens with one attached hydrogen (secondary N) is 6. The first-order valence-corrected chi connectivity index (χ1v) is 45.8. The number of carboxylic acid groups (broad SMARTS) is 6. The molecule has 12 bridgehead atoms. The largest absolute Gasteiger partial charge is 0.480 e. The minimum atomic E-state index is -2.44. The van der Waals surface area contributed by atoms with Crippen LogP contribution in [0.25, 0.3) is 0 Å². The molecule has 24 N–H and O–H groups in total. The molecule has 124 heavy (non-hydrogen) atoms. The Morgan fingerprint density at radius 1 is 0.258 bits per heavy atom. The number of carbonyl (C=O) groups excluding carboxylic acids is 6. The highest BCUT2D eigenvalue weighted by Gasteiger charge is 2.59. The molecule has 0 aromatic rings. The van der Waals surface area contributed by atoms with Crippen LogP contribution in [0.3, 0.4) is 0 Å². The summed E-state index contributed by atoms with van der Waals surface area (Å²) in [5.74, 6) is -20.2. The third-order valence-electron chi connectivity index (χ3n) is 20.2. The van der Waals surface area contributed by atoms with Crippen LogP contribution < -0.4 is 31.9 Å². The van der Waals surface area contributed by atoms with Crippen molar-refractivity contribution in [1.29, 1.82) is 0 Å². The number of rotatable bonds is 36. The van der Waals surface area contributed by atoms with Crippen LogP contribution in [0.1, 0.15) is 60.8 Å². The highest BCUT2D eigenvalue weighted by molar-refractivity contribution is 8.00. The molecule has 20 aliphatic rings. The second kappa shape index (κ2) is 50.3. The maximum atomic E-state index is 12.5. The van der Waals surface area contributed by atoms with Crippen molar-refractivity contribution >= 4 is 142 Å². The van der Waals surface area contributed by atoms with E-state index in [1.807, 2.05) is 0 Å². The van der Waals surface area contributed by atoms with Gasteiger partial charge in [-0.3, -0.25) is 28.8 Å². The SMILES string of the molecule is CC(=O)N[C@@H](CSCC1OC2OC3C(CSC[C@H](NC(C)=O)C(=O)O)OC(OC4C(CSC[C@H](NC(C)=O)C(=O)O)OC(OC5C(CSC[C@H](NC(C)=O)C(=O)O)OC(OC6C(CSC[C@H](NC(C)=O)C(=O)O)OC(OC7C(CSC[C@H](NC(C)=O)C(=O)O)OC(OCCCCC1C(O)C2O)C(O)C7O)C(O)C6O)C(O)C5O)C(O)C4O)C(O)C3O)C(=O)O. The summed E-state index contributed by atoms with van der Waals surface area (Å²) in [6.45, 7) is 5.84. The Morgan fingerprint density at radius 3 is 0.653 bits per heavy atom. The molecule has 20 rings (SSSR count). The van der Waals surface area contributed by atoms with Crippen LogP contribution in [-0.4, -0.2) is 453 Å². The first-order chi connectivity index (χ1) is 58.4. The molecule has 48 nitrogen and oxygen atoms in total. The molecule has 0 aliphatic carbocycles. The van der Waals surface area contributed by atoms with Crippen LogP contribution in [0.4, 0.5) is 0 Å². The number of ether oxygens (including phenoxy) is 12. The lowest BCUT2D eigenvalue weighted by molar-refractivity contribution is -0.388. The summed E-state index contributed by atoms with van der Waals surface area (Å²) in [7, 11) is 0. The molecule has 0 aromatic heterocycles. The Hall–Kier alpha value is -5.22. The fourth-order valence-corrected chi connectivity index (χ4v) is 20.7. The maximum absolute atomic E-state index is 12.5. The van der Waals surface area contributed by atoms with Gasteiger partial charge in [-0.15, -0.1) is 0 Å². The topological polar surface area (TPSA) is 752 Å². The Labute approximate surface area is 733 Å². The summed E-state index contributed by atoms with van der Waals surface area (Å²) in [6.07, 6.45) is -59.9. The molecular weight excluding hydrogens is 1790 g/mol. The zero-order valence-corrected chi connectivity index (χ0v) is 72.3. The molecule has 36 atom stereocenters. The predicted octanol–water partition coefficient (Wildman–Crippen LogP) is -9.66. The van der Waals surface area contributed by atoms with Crippen LogP contribution in [0.2, 0.25) is 0 Å². The smallest absolute Gasteiger partial charge is 0.327 e. The van der Waals surface area contributed by atoms with E-state index in [4.69, 9.17) is 56.8 Å². The van der Waals surface area contributed by atoms with Crippen LogP contribution >= 0.6 is 70.6 Å². The minimum absolute atomic E-state index is 0.0187. The number of carbonyl (C=O) groups is 12. The van der Waals surface area contributed by atoms with Gasteiger partial charge in [0.2, 0.25) is 35.4 Å². The molecule has 20 heterocycles. The zero-order valence-electron chi connectivity index (χ0n) is 67.4. The molecule has 54 heteroatoms. The predicted molar refractivity (Wildman–Crippen MR) is 427 cm³/mol. The van der Waals surface area contributed by atoms with Crippen molar-refractivity contribution in [3.63, 3.8) is 0 Å². The number of hydrogen-bond acceptors (Lipinski definition) is 42. The van der Waals surface area contributed by atoms with E-state index in [1.54, 1.807) is 0 Å². The van der Waals surface area contributed by atoms with Gasteiger partial charge in [0.15, 0.2) is 37.7 Å². The average molecular weight is 1900 g/mol. The minimum Gasteiger partial charge on any atom is -0.480 e. The number of hydrogen-bond donors (Lipinski definition) is 24. The highest BCUT2D eigenvalue weighted by atomic mass is 32.2. The van der Waals surface area contributed by atoms with E-state index < -0.39 is 343 Å². The molecule has 0 aromatic carbocycles. The summed E-state index contributed by atoms with van der Waals surface area (Å²) < 4.78 is 75.3. The number of thioether (sulfide) groups is 6. The molecule has 708 valence electrons. The summed E-state index contributed by atoms with van der Waals surface area (Å²) in [5, 5.41) is 221. The number of aliphatic carboxylic acids is 6. The van der Waals surface area contributed by atoms with Gasteiger partial charge in [0.1, 0.15) is 134 Å². The summed E-state index contributed by atoms with van der Waals surface area (Å²) >= 11 is 4.55. The third-order valence-corrected chi connectivity index (χ3v) is 27.0. The lowest BCUT2D eigenvalue weighted by atomic mass is 9.85. The van der Waals surface area contributed by atoms with Crippen LogP contribution in [0, 0.1) is 5.92 Å². The quantitative estimate of drug-likeness (QED) is 0.0277. The normalized spacial score (nSPS) is 36.4. The van der Waals surface area contributed by atoms with E-state index in [1.165, 1.54) is 0 Å². The van der Waals surface area contributed by atoms with Crippen molar-refractivity contribution in [3.05, 3.63) is 0 Å². The van der Waals surface area contributed by atoms with E-state index in [-0.39, 0.29) is 43.1 Å². The van der Waals surface area contributed by atoms with Gasteiger partial charge in [0.25, 0.3) is 0 Å². The molecule has 0 saturated carbocycles. The Balaban J connectivity index is 1.36. The van der Waals surface area contributed by atoms with Crippen LogP contribution in [0.15, 0.2) is 0 Å². The maximum Gasteiger partial charge on any atom is 0.327 e. The van der Waals surface area contributed by atoms with Crippen LogP contribution in [0.5, 0.6) is 0 Å². The standard InChI is InChI=1S/C70H110N6O42S6/c1-23(77)71-30(59(95)96)11-119-17-36-29-9-7-8-10-107-65-49(90)43(84)54(37(109-65)18-120-12-31(60(97)98)72-24(2)78)115-67-51(92)45(86)56(39(111-67)20-122-14-33(62(101)102)74-26(4)80)117-69-53(94)47(88)58(41(113-69)22-124-16-35(64(105)106)76-28(6)82)118-70-52(93)46(87)57(40(112-70)21-123-15-34(63(103)104)75-27(5)81)116-68-50(91)44(85)55(114-66(108-36)48(89)42(29)83)38(110-68)19-121-13-32(61(99)100)73-25(3)79/h29-58,65-70,83-94H,7-22H2,1-6H3,(H,71,77)(H,72,78)(H,73,79)(H,74,80)(H,75,81)(H,76,82)(H,95,96)(H,97,98)(H,99,100)(H,101,102)(H,103,104)(H,105,106)/t29?,30-,31-,32-,33-,34-,35-,36?,37?,38?,39?,40?,41?,42?,43?,44?,45?,46?,47?,48?,49?,50?,51?,52?,53?,54?,55?,56?,57?,58?,65?,66?,67?,68?,69?,70?/m0/s1. The Bertz CT molecular complexity index is 3550. The molecule has 20 saturated heterocycles. The summed E-state index contributed by atoms with van der Waals surface area (Å²) in [4.78, 5) is 147. The van der Waals surface area contributed by atoms with E-state index in [2.05, 4.69) is 31.9 Å². The molecule has 20 fully saturated rings. The average Bonchev–Trinajstić information content (AvgIpc) is 0.771. The second-order valence-electron chi connectivity index (χ2n) is 30.0. The third kappa shape index (κ3) is 30.4. The van der Waals surface area contributed by atoms with Gasteiger partial charge in [-0.1, -0.05) is 6.42 Å². The number of aliphatic hydroxyl groups is 12. The van der Waals surface area contributed by atoms with Crippen molar-refractivity contribution in [2.75, 3.05) is 75.6 Å². The van der Waals surface area contributed by atoms with Crippen LogP contribution in [-0.2, 0) is 114 Å². The lowest BCUT2D eigenvalue weighted by Gasteiger charge is -2.50. The molecule has 30 unspecified atom stereocenters. The first-order valence-electron chi connectivity index (χ1n) is 38.8. The fourth-order valence-electron chi connectivity index (χ4n) is 14.0. The number of amides is 6. The van der Waals surface area contributed by atoms with Crippen molar-refractivity contribution < 1.29 is 206 Å². The highest BCUT2D eigenvalue weighted by Crippen LogP contribution is 2.41. The van der Waals surface area contributed by atoms with Gasteiger partial charge < -0.3 is 181 Å². The number of aliphatic hydroxyl groups excluding tert-OH is 12. The van der Waals surface area contributed by atoms with E-state index in [0.29, 0.717) is 23.5 Å². The number of carboxylic acids is 6. The first kappa shape index (κ1) is 106. The van der Waals surface area contributed by atoms with Crippen molar-refractivity contribution in [2.24, 2.45) is 5.92 Å².